The van der Waals surface area contributed by atoms with Crippen molar-refractivity contribution in [1.82, 2.24) is 9.88 Å². The molecule has 1 saturated heterocycles. The summed E-state index contributed by atoms with van der Waals surface area (Å²) >= 11 is 0. The number of amides is 1. The monoisotopic (exact) mass is 350 g/mol. The van der Waals surface area contributed by atoms with Gasteiger partial charge in [0.1, 0.15) is 21.9 Å². The minimum atomic E-state index is -1.31. The quantitative estimate of drug-likeness (QED) is 0.850. The summed E-state index contributed by atoms with van der Waals surface area (Å²) in [5.41, 5.74) is 0.848. The van der Waals surface area contributed by atoms with Gasteiger partial charge in [0.15, 0.2) is 5.58 Å². The number of oxazole rings is 1. The molecule has 1 amide bonds. The van der Waals surface area contributed by atoms with Gasteiger partial charge in [0.05, 0.1) is 0 Å². The lowest BCUT2D eigenvalue weighted by Gasteiger charge is -2.24. The zero-order valence-corrected chi connectivity index (χ0v) is 15.0. The minimum Gasteiger partial charge on any atom is -0.444 e. The third-order valence-corrected chi connectivity index (χ3v) is 5.13. The highest BCUT2D eigenvalue weighted by Crippen LogP contribution is 2.23. The second-order valence-corrected chi connectivity index (χ2v) is 8.41. The Bertz CT molecular complexity index is 732. The summed E-state index contributed by atoms with van der Waals surface area (Å²) in [5, 5.41) is 0.256. The maximum absolute atomic E-state index is 12.5. The van der Waals surface area contributed by atoms with Crippen LogP contribution in [0.25, 0.3) is 11.1 Å². The number of rotatable bonds is 3. The molecule has 0 N–H and O–H groups in total. The third kappa shape index (κ3) is 3.95. The summed E-state index contributed by atoms with van der Waals surface area (Å²) in [6.07, 6.45) is 0.503. The van der Waals surface area contributed by atoms with Crippen molar-refractivity contribution in [2.45, 2.75) is 38.0 Å². The fourth-order valence-corrected chi connectivity index (χ4v) is 3.92. The molecule has 7 heteroatoms. The van der Waals surface area contributed by atoms with Crippen molar-refractivity contribution in [3.63, 3.8) is 0 Å². The van der Waals surface area contributed by atoms with E-state index in [1.54, 1.807) is 4.90 Å². The molecule has 6 nitrogen and oxygen atoms in total. The number of aromatic nitrogens is 1. The smallest absolute Gasteiger partial charge is 0.410 e. The van der Waals surface area contributed by atoms with Crippen molar-refractivity contribution in [1.29, 1.82) is 0 Å². The Hall–Kier alpha value is -1.89. The number of hydrogen-bond donors (Lipinski definition) is 0. The van der Waals surface area contributed by atoms with Gasteiger partial charge in [0.25, 0.3) is 5.22 Å². The van der Waals surface area contributed by atoms with Gasteiger partial charge in [-0.1, -0.05) is 12.1 Å². The van der Waals surface area contributed by atoms with Gasteiger partial charge in [-0.3, -0.25) is 0 Å². The molecule has 24 heavy (non-hydrogen) atoms. The summed E-state index contributed by atoms with van der Waals surface area (Å²) in [6.45, 7) is 6.73. The lowest BCUT2D eigenvalue weighted by Crippen LogP contribution is -2.35. The largest absolute Gasteiger partial charge is 0.444 e. The Morgan fingerprint density at radius 3 is 2.88 bits per heavy atom. The fourth-order valence-electron chi connectivity index (χ4n) is 2.69. The van der Waals surface area contributed by atoms with Crippen LogP contribution in [0.3, 0.4) is 0 Å². The molecule has 0 unspecified atom stereocenters. The zero-order chi connectivity index (χ0) is 17.3. The molecular formula is C17H22N2O4S. The zero-order valence-electron chi connectivity index (χ0n) is 14.2. The van der Waals surface area contributed by atoms with Crippen molar-refractivity contribution in [3.05, 3.63) is 24.3 Å². The summed E-state index contributed by atoms with van der Waals surface area (Å²) in [6, 6.07) is 7.37. The van der Waals surface area contributed by atoms with E-state index < -0.39 is 16.4 Å². The Balaban J connectivity index is 1.59. The van der Waals surface area contributed by atoms with Crippen LogP contribution in [0.2, 0.25) is 0 Å². The van der Waals surface area contributed by atoms with E-state index in [-0.39, 0.29) is 17.2 Å². The van der Waals surface area contributed by atoms with Crippen LogP contribution >= 0.6 is 0 Å². The number of nitrogens with zero attached hydrogens (tertiary/aromatic N) is 2. The van der Waals surface area contributed by atoms with Crippen molar-refractivity contribution >= 4 is 28.0 Å². The average Bonchev–Trinajstić information content (AvgIpc) is 3.11. The molecule has 2 atom stereocenters. The lowest BCUT2D eigenvalue weighted by molar-refractivity contribution is 0.0289. The first kappa shape index (κ1) is 17.0. The van der Waals surface area contributed by atoms with Crippen molar-refractivity contribution in [2.24, 2.45) is 5.92 Å². The highest BCUT2D eigenvalue weighted by molar-refractivity contribution is 7.84. The first-order chi connectivity index (χ1) is 11.3. The second-order valence-electron chi connectivity index (χ2n) is 7.04. The van der Waals surface area contributed by atoms with Crippen molar-refractivity contribution in [2.75, 3.05) is 18.8 Å². The van der Waals surface area contributed by atoms with E-state index in [1.807, 2.05) is 45.0 Å². The highest BCUT2D eigenvalue weighted by Gasteiger charge is 2.31. The fraction of sp³-hybridized carbons (Fsp3) is 0.529. The van der Waals surface area contributed by atoms with Crippen LogP contribution in [-0.2, 0) is 15.5 Å². The van der Waals surface area contributed by atoms with Crippen LogP contribution in [0, 0.1) is 5.92 Å². The van der Waals surface area contributed by atoms with Crippen LogP contribution < -0.4 is 0 Å². The first-order valence-corrected chi connectivity index (χ1v) is 9.35. The molecule has 0 aliphatic carbocycles. The summed E-state index contributed by atoms with van der Waals surface area (Å²) in [5.74, 6) is 0.597. The van der Waals surface area contributed by atoms with Gasteiger partial charge >= 0.3 is 6.09 Å². The Morgan fingerprint density at radius 2 is 2.17 bits per heavy atom. The van der Waals surface area contributed by atoms with Crippen LogP contribution in [0.15, 0.2) is 33.9 Å². The molecule has 0 bridgehead atoms. The predicted octanol–water partition coefficient (Wildman–Crippen LogP) is 3.19. The van der Waals surface area contributed by atoms with E-state index in [0.29, 0.717) is 29.9 Å². The molecule has 130 valence electrons. The van der Waals surface area contributed by atoms with E-state index in [0.717, 1.165) is 6.42 Å². The molecular weight excluding hydrogens is 328 g/mol. The number of hydrogen-bond acceptors (Lipinski definition) is 5. The van der Waals surface area contributed by atoms with E-state index in [4.69, 9.17) is 9.15 Å². The predicted molar refractivity (Wildman–Crippen MR) is 91.2 cm³/mol. The molecule has 2 heterocycles. The van der Waals surface area contributed by atoms with Gasteiger partial charge in [0.2, 0.25) is 0 Å². The van der Waals surface area contributed by atoms with E-state index in [9.17, 15) is 9.00 Å². The molecule has 0 saturated carbocycles. The number of para-hydroxylation sites is 2. The molecule has 2 aromatic rings. The number of ether oxygens (including phenoxy) is 1. The van der Waals surface area contributed by atoms with Crippen molar-refractivity contribution < 1.29 is 18.2 Å². The van der Waals surface area contributed by atoms with Crippen LogP contribution in [0.4, 0.5) is 4.79 Å². The van der Waals surface area contributed by atoms with Gasteiger partial charge < -0.3 is 14.1 Å². The maximum atomic E-state index is 12.5. The van der Waals surface area contributed by atoms with Crippen molar-refractivity contribution in [3.8, 4) is 0 Å². The Kier molecular flexibility index (Phi) is 4.62. The summed E-state index contributed by atoms with van der Waals surface area (Å²) in [7, 11) is -1.31. The van der Waals surface area contributed by atoms with E-state index in [1.165, 1.54) is 0 Å². The van der Waals surface area contributed by atoms with Gasteiger partial charge in [-0.25, -0.2) is 14.0 Å². The summed E-state index contributed by atoms with van der Waals surface area (Å²) in [4.78, 5) is 18.0. The number of fused-ring (bicyclic) bond motifs is 1. The Morgan fingerprint density at radius 1 is 1.42 bits per heavy atom. The SMILES string of the molecule is CC(C)(C)OC(=O)N1CC[C@H](C[S@](=O)c2nc3ccccc3o2)C1. The summed E-state index contributed by atoms with van der Waals surface area (Å²) < 4.78 is 23.4. The topological polar surface area (TPSA) is 72.6 Å². The van der Waals surface area contributed by atoms with Gasteiger partial charge in [0, 0.05) is 18.8 Å². The molecule has 1 fully saturated rings. The minimum absolute atomic E-state index is 0.161. The number of likely N-dealkylation sites (tertiary alicyclic amines) is 1. The molecule has 1 aliphatic rings. The van der Waals surface area contributed by atoms with Gasteiger partial charge in [-0.2, -0.15) is 0 Å². The molecule has 0 spiro atoms. The van der Waals surface area contributed by atoms with Gasteiger partial charge in [-0.05, 0) is 45.2 Å². The molecule has 1 aromatic carbocycles. The van der Waals surface area contributed by atoms with Crippen LogP contribution in [0.1, 0.15) is 27.2 Å². The number of carbonyl (C=O) groups excluding carboxylic acids is 1. The molecule has 1 aliphatic heterocycles. The Labute approximate surface area is 143 Å². The molecule has 3 rings (SSSR count). The first-order valence-electron chi connectivity index (χ1n) is 8.04. The van der Waals surface area contributed by atoms with Crippen LogP contribution in [-0.4, -0.2) is 44.6 Å². The lowest BCUT2D eigenvalue weighted by atomic mass is 10.2. The number of carbonyl (C=O) groups is 1. The standard InChI is InChI=1S/C17H22N2O4S/c1-17(2,3)23-16(20)19-9-8-12(10-19)11-24(21)15-18-13-6-4-5-7-14(13)22-15/h4-7,12H,8-11H2,1-3H3/t12-,24-/m0/s1. The third-order valence-electron chi connectivity index (χ3n) is 3.79. The highest BCUT2D eigenvalue weighted by atomic mass is 32.2. The van der Waals surface area contributed by atoms with E-state index >= 15 is 0 Å². The average molecular weight is 350 g/mol. The molecule has 0 radical (unpaired) electrons. The number of benzene rings is 1. The van der Waals surface area contributed by atoms with Gasteiger partial charge in [-0.15, -0.1) is 0 Å². The molecule has 1 aromatic heterocycles. The second kappa shape index (κ2) is 6.55. The maximum Gasteiger partial charge on any atom is 0.410 e. The normalized spacial score (nSPS) is 19.6. The van der Waals surface area contributed by atoms with Crippen LogP contribution in [0.5, 0.6) is 0 Å². The van der Waals surface area contributed by atoms with E-state index in [2.05, 4.69) is 4.98 Å².